The summed E-state index contributed by atoms with van der Waals surface area (Å²) in [5.74, 6) is -1.96. The minimum Gasteiger partial charge on any atom is -0.478 e. The molecule has 1 aromatic carbocycles. The number of aromatic amines is 1. The van der Waals surface area contributed by atoms with Crippen LogP contribution in [-0.4, -0.2) is 16.1 Å². The topological polar surface area (TPSA) is 53.1 Å². The Labute approximate surface area is 72.8 Å². The summed E-state index contributed by atoms with van der Waals surface area (Å²) in [4.78, 5) is 13.5. The third kappa shape index (κ3) is 1.07. The van der Waals surface area contributed by atoms with Gasteiger partial charge in [0.1, 0.15) is 11.4 Å². The van der Waals surface area contributed by atoms with Gasteiger partial charge in [-0.15, -0.1) is 0 Å². The van der Waals surface area contributed by atoms with Crippen molar-refractivity contribution in [3.05, 3.63) is 35.8 Å². The van der Waals surface area contributed by atoms with Crippen LogP contribution in [0.4, 0.5) is 4.39 Å². The standard InChI is InChI=1S/C9H6FNO2/c10-6-1-2-7-5(3-4-11-7)8(6)9(12)13/h1-4,11H,(H,12,13). The largest absolute Gasteiger partial charge is 0.478 e. The van der Waals surface area contributed by atoms with Crippen LogP contribution in [0.2, 0.25) is 0 Å². The maximum absolute atomic E-state index is 13.1. The minimum atomic E-state index is -1.25. The van der Waals surface area contributed by atoms with Crippen molar-refractivity contribution in [3.63, 3.8) is 0 Å². The summed E-state index contributed by atoms with van der Waals surface area (Å²) in [6.45, 7) is 0. The molecule has 66 valence electrons. The average Bonchev–Trinajstić information content (AvgIpc) is 2.50. The SMILES string of the molecule is O=C(O)c1c(F)ccc2[nH]ccc12. The van der Waals surface area contributed by atoms with E-state index in [9.17, 15) is 9.18 Å². The molecule has 2 aromatic rings. The third-order valence-corrected chi connectivity index (χ3v) is 1.90. The predicted octanol–water partition coefficient (Wildman–Crippen LogP) is 2.01. The molecule has 0 aliphatic carbocycles. The van der Waals surface area contributed by atoms with E-state index in [2.05, 4.69) is 4.98 Å². The van der Waals surface area contributed by atoms with Crippen molar-refractivity contribution in [2.24, 2.45) is 0 Å². The lowest BCUT2D eigenvalue weighted by atomic mass is 10.1. The number of hydrogen-bond donors (Lipinski definition) is 2. The quantitative estimate of drug-likeness (QED) is 0.703. The molecule has 0 radical (unpaired) electrons. The first-order valence-corrected chi connectivity index (χ1v) is 3.69. The molecule has 3 nitrogen and oxygen atoms in total. The molecule has 0 aliphatic rings. The summed E-state index contributed by atoms with van der Waals surface area (Å²) >= 11 is 0. The molecule has 0 aliphatic heterocycles. The van der Waals surface area contributed by atoms with Crippen molar-refractivity contribution in [1.29, 1.82) is 0 Å². The number of nitrogens with one attached hydrogen (secondary N) is 1. The average molecular weight is 179 g/mol. The molecular weight excluding hydrogens is 173 g/mol. The van der Waals surface area contributed by atoms with Crippen molar-refractivity contribution in [2.75, 3.05) is 0 Å². The maximum Gasteiger partial charge on any atom is 0.339 e. The van der Waals surface area contributed by atoms with Crippen LogP contribution < -0.4 is 0 Å². The Hall–Kier alpha value is -1.84. The molecule has 1 aromatic heterocycles. The van der Waals surface area contributed by atoms with Crippen LogP contribution in [0.3, 0.4) is 0 Å². The highest BCUT2D eigenvalue weighted by atomic mass is 19.1. The second-order valence-electron chi connectivity index (χ2n) is 2.67. The lowest BCUT2D eigenvalue weighted by Crippen LogP contribution is -2.00. The molecular formula is C9H6FNO2. The first kappa shape index (κ1) is 7.79. The Kier molecular flexibility index (Phi) is 1.55. The maximum atomic E-state index is 13.1. The van der Waals surface area contributed by atoms with Gasteiger partial charge >= 0.3 is 5.97 Å². The van der Waals surface area contributed by atoms with Crippen LogP contribution in [0.1, 0.15) is 10.4 Å². The number of aromatic nitrogens is 1. The Morgan fingerprint density at radius 1 is 1.38 bits per heavy atom. The summed E-state index contributed by atoms with van der Waals surface area (Å²) < 4.78 is 13.1. The van der Waals surface area contributed by atoms with Gasteiger partial charge < -0.3 is 10.1 Å². The van der Waals surface area contributed by atoms with E-state index in [1.165, 1.54) is 6.07 Å². The predicted molar refractivity (Wildman–Crippen MR) is 45.2 cm³/mol. The molecule has 0 saturated heterocycles. The molecule has 0 fully saturated rings. The van der Waals surface area contributed by atoms with Crippen LogP contribution in [0.15, 0.2) is 24.4 Å². The molecule has 2 rings (SSSR count). The number of rotatable bonds is 1. The van der Waals surface area contributed by atoms with Crippen LogP contribution in [0.5, 0.6) is 0 Å². The van der Waals surface area contributed by atoms with E-state index in [0.717, 1.165) is 6.07 Å². The van der Waals surface area contributed by atoms with Gasteiger partial charge in [0.2, 0.25) is 0 Å². The van der Waals surface area contributed by atoms with Crippen molar-refractivity contribution < 1.29 is 14.3 Å². The molecule has 13 heavy (non-hydrogen) atoms. The number of H-pyrrole nitrogens is 1. The number of fused-ring (bicyclic) bond motifs is 1. The first-order valence-electron chi connectivity index (χ1n) is 3.69. The summed E-state index contributed by atoms with van der Waals surface area (Å²) in [7, 11) is 0. The van der Waals surface area contributed by atoms with E-state index >= 15 is 0 Å². The van der Waals surface area contributed by atoms with Gasteiger partial charge in [0, 0.05) is 17.1 Å². The highest BCUT2D eigenvalue weighted by Crippen LogP contribution is 2.20. The zero-order chi connectivity index (χ0) is 9.42. The molecule has 1 heterocycles. The van der Waals surface area contributed by atoms with E-state index in [1.54, 1.807) is 12.3 Å². The Bertz CT molecular complexity index is 475. The molecule has 0 saturated carbocycles. The third-order valence-electron chi connectivity index (χ3n) is 1.90. The molecule has 4 heteroatoms. The number of benzene rings is 1. The van der Waals surface area contributed by atoms with E-state index in [0.29, 0.717) is 10.9 Å². The van der Waals surface area contributed by atoms with Gasteiger partial charge in [-0.2, -0.15) is 0 Å². The second kappa shape index (κ2) is 2.58. The lowest BCUT2D eigenvalue weighted by molar-refractivity contribution is 0.0694. The molecule has 0 atom stereocenters. The number of aromatic carboxylic acids is 1. The summed E-state index contributed by atoms with van der Waals surface area (Å²) in [6, 6.07) is 4.20. The zero-order valence-electron chi connectivity index (χ0n) is 6.54. The highest BCUT2D eigenvalue weighted by molar-refractivity contribution is 6.02. The molecule has 0 unspecified atom stereocenters. The van der Waals surface area contributed by atoms with Gasteiger partial charge in [-0.25, -0.2) is 9.18 Å². The fourth-order valence-corrected chi connectivity index (χ4v) is 1.32. The second-order valence-corrected chi connectivity index (χ2v) is 2.67. The zero-order valence-corrected chi connectivity index (χ0v) is 6.54. The van der Waals surface area contributed by atoms with Gasteiger partial charge in [0.05, 0.1) is 0 Å². The molecule has 0 amide bonds. The summed E-state index contributed by atoms with van der Waals surface area (Å²) in [5, 5.41) is 9.12. The molecule has 0 spiro atoms. The lowest BCUT2D eigenvalue weighted by Gasteiger charge is -1.98. The van der Waals surface area contributed by atoms with Gasteiger partial charge in [-0.1, -0.05) is 0 Å². The van der Waals surface area contributed by atoms with Crippen molar-refractivity contribution in [2.45, 2.75) is 0 Å². The fourth-order valence-electron chi connectivity index (χ4n) is 1.32. The normalized spacial score (nSPS) is 10.5. The minimum absolute atomic E-state index is 0.279. The van der Waals surface area contributed by atoms with Crippen LogP contribution in [0, 0.1) is 5.82 Å². The Balaban J connectivity index is 2.88. The monoisotopic (exact) mass is 179 g/mol. The fraction of sp³-hybridized carbons (Fsp3) is 0. The van der Waals surface area contributed by atoms with Gasteiger partial charge in [0.25, 0.3) is 0 Å². The number of halogens is 1. The number of hydrogen-bond acceptors (Lipinski definition) is 1. The van der Waals surface area contributed by atoms with Crippen molar-refractivity contribution in [3.8, 4) is 0 Å². The Morgan fingerprint density at radius 2 is 2.15 bits per heavy atom. The van der Waals surface area contributed by atoms with Crippen LogP contribution >= 0.6 is 0 Å². The van der Waals surface area contributed by atoms with Crippen molar-refractivity contribution in [1.82, 2.24) is 4.98 Å². The number of carboxylic acid groups (broad SMARTS) is 1. The van der Waals surface area contributed by atoms with E-state index in [1.807, 2.05) is 0 Å². The summed E-state index contributed by atoms with van der Waals surface area (Å²) in [6.07, 6.45) is 1.58. The van der Waals surface area contributed by atoms with Gasteiger partial charge in [-0.3, -0.25) is 0 Å². The van der Waals surface area contributed by atoms with Gasteiger partial charge in [-0.05, 0) is 18.2 Å². The Morgan fingerprint density at radius 3 is 2.85 bits per heavy atom. The number of carboxylic acids is 1. The summed E-state index contributed by atoms with van der Waals surface area (Å²) in [5.41, 5.74) is 0.345. The van der Waals surface area contributed by atoms with Crippen LogP contribution in [-0.2, 0) is 0 Å². The van der Waals surface area contributed by atoms with E-state index in [4.69, 9.17) is 5.11 Å². The molecule has 0 bridgehead atoms. The van der Waals surface area contributed by atoms with Crippen LogP contribution in [0.25, 0.3) is 10.9 Å². The van der Waals surface area contributed by atoms with E-state index < -0.39 is 11.8 Å². The highest BCUT2D eigenvalue weighted by Gasteiger charge is 2.14. The van der Waals surface area contributed by atoms with Gasteiger partial charge in [0.15, 0.2) is 0 Å². The smallest absolute Gasteiger partial charge is 0.339 e. The number of carbonyl (C=O) groups is 1. The molecule has 2 N–H and O–H groups in total. The van der Waals surface area contributed by atoms with Crippen molar-refractivity contribution >= 4 is 16.9 Å². The van der Waals surface area contributed by atoms with E-state index in [-0.39, 0.29) is 5.56 Å². The first-order chi connectivity index (χ1) is 6.20.